The van der Waals surface area contributed by atoms with Crippen LogP contribution in [0, 0.1) is 17.2 Å². The van der Waals surface area contributed by atoms with Crippen molar-refractivity contribution in [2.75, 3.05) is 5.32 Å². The van der Waals surface area contributed by atoms with Gasteiger partial charge in [0.25, 0.3) is 5.91 Å². The van der Waals surface area contributed by atoms with Gasteiger partial charge >= 0.3 is 0 Å². The molecule has 3 aromatic rings. The number of rotatable bonds is 5. The number of primary amides is 1. The summed E-state index contributed by atoms with van der Waals surface area (Å²) in [6.45, 7) is 0. The van der Waals surface area contributed by atoms with Gasteiger partial charge in [0, 0.05) is 18.0 Å². The van der Waals surface area contributed by atoms with E-state index in [1.54, 1.807) is 29.5 Å². The number of nitriles is 1. The quantitative estimate of drug-likeness (QED) is 0.626. The summed E-state index contributed by atoms with van der Waals surface area (Å²) in [4.78, 5) is 16.3. The Morgan fingerprint density at radius 1 is 1.32 bits per heavy atom. The number of amides is 1. The van der Waals surface area contributed by atoms with Crippen LogP contribution in [0.1, 0.15) is 42.1 Å². The van der Waals surface area contributed by atoms with E-state index >= 15 is 0 Å². The van der Waals surface area contributed by atoms with Gasteiger partial charge in [0.15, 0.2) is 5.82 Å². The van der Waals surface area contributed by atoms with Crippen LogP contribution in [-0.2, 0) is 0 Å². The molecule has 4 N–H and O–H groups in total. The summed E-state index contributed by atoms with van der Waals surface area (Å²) < 4.78 is 1.71. The molecule has 0 spiro atoms. The Bertz CT molecular complexity index is 1000. The highest BCUT2D eigenvalue weighted by Crippen LogP contribution is 2.34. The van der Waals surface area contributed by atoms with Crippen molar-refractivity contribution in [3.05, 3.63) is 42.5 Å². The highest BCUT2D eigenvalue weighted by Gasteiger charge is 2.28. The minimum Gasteiger partial charge on any atom is -0.365 e. The third-order valence-electron chi connectivity index (χ3n) is 5.05. The molecule has 9 nitrogen and oxygen atoms in total. The number of H-pyrrole nitrogens is 1. The van der Waals surface area contributed by atoms with Crippen LogP contribution < -0.4 is 11.1 Å². The molecule has 4 rings (SSSR count). The number of anilines is 2. The summed E-state index contributed by atoms with van der Waals surface area (Å²) in [6.07, 6.45) is 10.5. The van der Waals surface area contributed by atoms with Crippen LogP contribution in [0.25, 0.3) is 11.3 Å². The zero-order chi connectivity index (χ0) is 19.5. The Morgan fingerprint density at radius 3 is 2.86 bits per heavy atom. The molecule has 1 amide bonds. The number of nitrogens with zero attached hydrogens (tertiary/aromatic N) is 5. The van der Waals surface area contributed by atoms with Gasteiger partial charge in [-0.3, -0.25) is 19.6 Å². The highest BCUT2D eigenvalue weighted by molar-refractivity contribution is 5.98. The highest BCUT2D eigenvalue weighted by atomic mass is 16.1. The molecule has 1 saturated carbocycles. The summed E-state index contributed by atoms with van der Waals surface area (Å²) in [7, 11) is 0. The maximum Gasteiger partial charge on any atom is 0.254 e. The SMILES string of the molecule is N#C[C@H]1CCCCC1n1cc(C(N)=O)c(Nc2ccc(-c3cn[nH]c3)nc2)n1. The third-order valence-corrected chi connectivity index (χ3v) is 5.05. The van der Waals surface area contributed by atoms with E-state index in [1.165, 1.54) is 0 Å². The molecule has 1 aliphatic carbocycles. The van der Waals surface area contributed by atoms with E-state index in [1.807, 2.05) is 12.1 Å². The van der Waals surface area contributed by atoms with Crippen LogP contribution in [0.5, 0.6) is 0 Å². The van der Waals surface area contributed by atoms with Crippen molar-refractivity contribution >= 4 is 17.4 Å². The number of hydrogen-bond donors (Lipinski definition) is 3. The number of pyridine rings is 1. The van der Waals surface area contributed by atoms with Crippen LogP contribution >= 0.6 is 0 Å². The topological polar surface area (TPSA) is 138 Å². The average Bonchev–Trinajstić information content (AvgIpc) is 3.39. The third kappa shape index (κ3) is 3.44. The van der Waals surface area contributed by atoms with Gasteiger partial charge in [-0.05, 0) is 25.0 Å². The number of aromatic amines is 1. The normalized spacial score (nSPS) is 19.1. The molecule has 0 aliphatic heterocycles. The predicted octanol–water partition coefficient (Wildman–Crippen LogP) is 2.77. The first-order valence-corrected chi connectivity index (χ1v) is 9.16. The Labute approximate surface area is 161 Å². The van der Waals surface area contributed by atoms with Gasteiger partial charge < -0.3 is 11.1 Å². The molecule has 9 heteroatoms. The van der Waals surface area contributed by atoms with Crippen LogP contribution in [-0.4, -0.2) is 30.9 Å². The van der Waals surface area contributed by atoms with E-state index in [0.29, 0.717) is 17.1 Å². The molecule has 3 aromatic heterocycles. The van der Waals surface area contributed by atoms with Crippen molar-refractivity contribution in [1.82, 2.24) is 25.0 Å². The summed E-state index contributed by atoms with van der Waals surface area (Å²) in [5.41, 5.74) is 8.18. The van der Waals surface area contributed by atoms with E-state index in [4.69, 9.17) is 5.73 Å². The zero-order valence-corrected chi connectivity index (χ0v) is 15.2. The lowest BCUT2D eigenvalue weighted by Crippen LogP contribution is -2.22. The second-order valence-electron chi connectivity index (χ2n) is 6.87. The van der Waals surface area contributed by atoms with E-state index in [0.717, 1.165) is 36.9 Å². The zero-order valence-electron chi connectivity index (χ0n) is 15.2. The van der Waals surface area contributed by atoms with Crippen molar-refractivity contribution in [1.29, 1.82) is 5.26 Å². The molecule has 3 heterocycles. The summed E-state index contributed by atoms with van der Waals surface area (Å²) in [6, 6.07) is 6.01. The fraction of sp³-hybridized carbons (Fsp3) is 0.316. The second-order valence-corrected chi connectivity index (χ2v) is 6.87. The smallest absolute Gasteiger partial charge is 0.254 e. The Balaban J connectivity index is 1.59. The van der Waals surface area contributed by atoms with Gasteiger partial charge in [-0.15, -0.1) is 0 Å². The van der Waals surface area contributed by atoms with Gasteiger partial charge in [-0.2, -0.15) is 15.5 Å². The molecule has 0 saturated heterocycles. The number of aromatic nitrogens is 5. The Hall–Kier alpha value is -3.67. The standard InChI is InChI=1S/C19H20N8O/c20-7-12-3-1-2-4-17(12)27-11-15(18(21)28)19(26-27)25-14-5-6-16(22-10-14)13-8-23-24-9-13/h5-6,8-12,17H,1-4H2,(H2,21,28)(H,23,24)(H,25,26)/t12-,17?/m1/s1. The molecule has 142 valence electrons. The molecular formula is C19H20N8O. The minimum absolute atomic E-state index is 0.0472. The van der Waals surface area contributed by atoms with Crippen LogP contribution in [0.15, 0.2) is 36.9 Å². The van der Waals surface area contributed by atoms with Crippen LogP contribution in [0.4, 0.5) is 11.5 Å². The maximum absolute atomic E-state index is 11.9. The number of carbonyl (C=O) groups is 1. The molecule has 1 aliphatic rings. The van der Waals surface area contributed by atoms with Gasteiger partial charge in [0.2, 0.25) is 0 Å². The Kier molecular flexibility index (Phi) is 4.76. The first-order chi connectivity index (χ1) is 13.7. The van der Waals surface area contributed by atoms with Crippen molar-refractivity contribution in [3.8, 4) is 17.3 Å². The van der Waals surface area contributed by atoms with Gasteiger partial charge in [0.1, 0.15) is 5.56 Å². The second kappa shape index (κ2) is 7.52. The largest absolute Gasteiger partial charge is 0.365 e. The molecule has 28 heavy (non-hydrogen) atoms. The number of hydrogen-bond acceptors (Lipinski definition) is 6. The van der Waals surface area contributed by atoms with Crippen molar-refractivity contribution < 1.29 is 4.79 Å². The van der Waals surface area contributed by atoms with Crippen LogP contribution in [0.3, 0.4) is 0 Å². The van der Waals surface area contributed by atoms with E-state index in [2.05, 4.69) is 31.7 Å². The van der Waals surface area contributed by atoms with E-state index < -0.39 is 5.91 Å². The van der Waals surface area contributed by atoms with E-state index in [9.17, 15) is 10.1 Å². The van der Waals surface area contributed by atoms with Gasteiger partial charge in [-0.1, -0.05) is 12.8 Å². The van der Waals surface area contributed by atoms with Crippen LogP contribution in [0.2, 0.25) is 0 Å². The maximum atomic E-state index is 11.9. The fourth-order valence-corrected chi connectivity index (χ4v) is 3.58. The summed E-state index contributed by atoms with van der Waals surface area (Å²) >= 11 is 0. The van der Waals surface area contributed by atoms with Crippen molar-refractivity contribution in [2.45, 2.75) is 31.7 Å². The molecule has 1 fully saturated rings. The molecule has 0 bridgehead atoms. The monoisotopic (exact) mass is 376 g/mol. The average molecular weight is 376 g/mol. The van der Waals surface area contributed by atoms with Crippen molar-refractivity contribution in [2.24, 2.45) is 11.7 Å². The molecule has 2 atom stereocenters. The first-order valence-electron chi connectivity index (χ1n) is 9.16. The van der Waals surface area contributed by atoms with Gasteiger partial charge in [0.05, 0.1) is 41.8 Å². The minimum atomic E-state index is -0.568. The predicted molar refractivity (Wildman–Crippen MR) is 102 cm³/mol. The van der Waals surface area contributed by atoms with E-state index in [-0.39, 0.29) is 12.0 Å². The molecule has 1 unspecified atom stereocenters. The summed E-state index contributed by atoms with van der Waals surface area (Å²) in [5.74, 6) is -0.313. The fourth-order valence-electron chi connectivity index (χ4n) is 3.58. The summed E-state index contributed by atoms with van der Waals surface area (Å²) in [5, 5.41) is 23.7. The first kappa shape index (κ1) is 17.7. The van der Waals surface area contributed by atoms with Gasteiger partial charge in [-0.25, -0.2) is 0 Å². The lowest BCUT2D eigenvalue weighted by atomic mass is 9.85. The molecule has 0 aromatic carbocycles. The number of carbonyl (C=O) groups excluding carboxylic acids is 1. The molecular weight excluding hydrogens is 356 g/mol. The Morgan fingerprint density at radius 2 is 2.18 bits per heavy atom. The number of nitrogens with two attached hydrogens (primary N) is 1. The number of nitrogens with one attached hydrogen (secondary N) is 2. The lowest BCUT2D eigenvalue weighted by Gasteiger charge is -2.26. The lowest BCUT2D eigenvalue weighted by molar-refractivity contribution is 0.100. The van der Waals surface area contributed by atoms with Crippen molar-refractivity contribution in [3.63, 3.8) is 0 Å². The molecule has 0 radical (unpaired) electrons.